The molecule has 0 aromatic carbocycles. The molecule has 0 bridgehead atoms. The number of carbonyl (C=O) groups is 1. The normalized spacial score (nSPS) is 10.3. The maximum atomic E-state index is 11.2. The highest BCUT2D eigenvalue weighted by atomic mass is 35.5. The number of carbonyl (C=O) groups excluding carboxylic acids is 1. The van der Waals surface area contributed by atoms with Crippen LogP contribution in [-0.2, 0) is 17.9 Å². The molecule has 0 aliphatic rings. The van der Waals surface area contributed by atoms with Gasteiger partial charge in [-0.15, -0.1) is 0 Å². The number of nitrogens with zero attached hydrogens (tertiary/aromatic N) is 2. The molecule has 2 aromatic rings. The molecule has 2 aromatic heterocycles. The Kier molecular flexibility index (Phi) is 3.88. The van der Waals surface area contributed by atoms with Gasteiger partial charge in [0.05, 0.1) is 18.4 Å². The van der Waals surface area contributed by atoms with Crippen molar-refractivity contribution in [3.05, 3.63) is 35.5 Å². The van der Waals surface area contributed by atoms with E-state index in [9.17, 15) is 4.79 Å². The van der Waals surface area contributed by atoms with E-state index in [2.05, 4.69) is 15.7 Å². The number of likely N-dealkylation sites (N-methyl/N-ethyl adjacent to an activating group) is 1. The summed E-state index contributed by atoms with van der Waals surface area (Å²) in [6.45, 7) is 0.711. The van der Waals surface area contributed by atoms with Crippen molar-refractivity contribution >= 4 is 23.2 Å². The fourth-order valence-corrected chi connectivity index (χ4v) is 1.57. The summed E-state index contributed by atoms with van der Waals surface area (Å²) < 4.78 is 6.76. The van der Waals surface area contributed by atoms with Crippen LogP contribution in [0.15, 0.2) is 28.9 Å². The van der Waals surface area contributed by atoms with E-state index >= 15 is 0 Å². The Labute approximate surface area is 109 Å². The van der Waals surface area contributed by atoms with Crippen LogP contribution in [0.25, 0.3) is 0 Å². The van der Waals surface area contributed by atoms with Crippen molar-refractivity contribution in [2.45, 2.75) is 13.1 Å². The topological polar surface area (TPSA) is 72.1 Å². The molecule has 1 amide bonds. The first kappa shape index (κ1) is 12.5. The highest BCUT2D eigenvalue weighted by molar-refractivity contribution is 6.28. The Morgan fingerprint density at radius 2 is 2.39 bits per heavy atom. The number of aromatic nitrogens is 2. The van der Waals surface area contributed by atoms with Crippen molar-refractivity contribution in [2.75, 3.05) is 12.4 Å². The van der Waals surface area contributed by atoms with Crippen LogP contribution < -0.4 is 10.6 Å². The van der Waals surface area contributed by atoms with Crippen LogP contribution in [0.4, 0.5) is 5.69 Å². The predicted molar refractivity (Wildman–Crippen MR) is 67.3 cm³/mol. The van der Waals surface area contributed by atoms with Gasteiger partial charge in [-0.25, -0.2) is 0 Å². The molecular formula is C11H13ClN4O2. The van der Waals surface area contributed by atoms with Gasteiger partial charge in [0.15, 0.2) is 5.22 Å². The summed E-state index contributed by atoms with van der Waals surface area (Å²) in [6, 6.07) is 3.48. The van der Waals surface area contributed by atoms with Crippen LogP contribution in [0.2, 0.25) is 5.22 Å². The first-order valence-corrected chi connectivity index (χ1v) is 5.76. The van der Waals surface area contributed by atoms with E-state index in [1.165, 1.54) is 0 Å². The lowest BCUT2D eigenvalue weighted by Gasteiger charge is -2.00. The monoisotopic (exact) mass is 268 g/mol. The molecule has 0 spiro atoms. The van der Waals surface area contributed by atoms with Gasteiger partial charge in [-0.3, -0.25) is 9.48 Å². The molecule has 0 atom stereocenters. The van der Waals surface area contributed by atoms with E-state index in [0.29, 0.717) is 11.8 Å². The molecule has 2 heterocycles. The van der Waals surface area contributed by atoms with Gasteiger partial charge in [0.25, 0.3) is 0 Å². The summed E-state index contributed by atoms with van der Waals surface area (Å²) in [5.74, 6) is 0.640. The standard InChI is InChI=1S/C11H13ClN4O2/c1-13-11(17)7-16-6-8(4-15-16)14-5-9-2-3-10(12)18-9/h2-4,6,14H,5,7H2,1H3,(H,13,17). The van der Waals surface area contributed by atoms with Crippen LogP contribution in [0.5, 0.6) is 0 Å². The highest BCUT2D eigenvalue weighted by Gasteiger charge is 2.04. The highest BCUT2D eigenvalue weighted by Crippen LogP contribution is 2.14. The molecule has 0 aliphatic carbocycles. The molecule has 0 saturated heterocycles. The van der Waals surface area contributed by atoms with Gasteiger partial charge >= 0.3 is 0 Å². The van der Waals surface area contributed by atoms with Crippen molar-refractivity contribution in [1.82, 2.24) is 15.1 Å². The Hall–Kier alpha value is -1.95. The molecule has 18 heavy (non-hydrogen) atoms. The molecule has 2 N–H and O–H groups in total. The average Bonchev–Trinajstić information content (AvgIpc) is 2.96. The summed E-state index contributed by atoms with van der Waals surface area (Å²) in [5.41, 5.74) is 0.812. The van der Waals surface area contributed by atoms with Crippen LogP contribution in [0.1, 0.15) is 5.76 Å². The van der Waals surface area contributed by atoms with Crippen LogP contribution in [-0.4, -0.2) is 22.7 Å². The molecule has 6 nitrogen and oxygen atoms in total. The SMILES string of the molecule is CNC(=O)Cn1cc(NCc2ccc(Cl)o2)cn1. The largest absolute Gasteiger partial charge is 0.448 e. The van der Waals surface area contributed by atoms with Gasteiger partial charge in [0.2, 0.25) is 5.91 Å². The molecular weight excluding hydrogens is 256 g/mol. The summed E-state index contributed by atoms with van der Waals surface area (Å²) in [6.07, 6.45) is 3.40. The molecule has 96 valence electrons. The zero-order valence-corrected chi connectivity index (χ0v) is 10.6. The maximum absolute atomic E-state index is 11.2. The third kappa shape index (κ3) is 3.27. The Morgan fingerprint density at radius 1 is 1.56 bits per heavy atom. The van der Waals surface area contributed by atoms with E-state index in [1.807, 2.05) is 0 Å². The third-order valence-electron chi connectivity index (χ3n) is 2.31. The molecule has 0 fully saturated rings. The Morgan fingerprint density at radius 3 is 3.06 bits per heavy atom. The number of anilines is 1. The fraction of sp³-hybridized carbons (Fsp3) is 0.273. The summed E-state index contributed by atoms with van der Waals surface area (Å²) in [7, 11) is 1.59. The second-order valence-corrected chi connectivity index (χ2v) is 4.03. The number of furan rings is 1. The minimum absolute atomic E-state index is 0.0949. The lowest BCUT2D eigenvalue weighted by molar-refractivity contribution is -0.121. The lowest BCUT2D eigenvalue weighted by atomic mass is 10.4. The summed E-state index contributed by atoms with van der Waals surface area (Å²) >= 11 is 5.66. The number of halogens is 1. The Balaban J connectivity index is 1.88. The molecule has 2 rings (SSSR count). The smallest absolute Gasteiger partial charge is 0.241 e. The molecule has 7 heteroatoms. The van der Waals surface area contributed by atoms with Crippen molar-refractivity contribution < 1.29 is 9.21 Å². The van der Waals surface area contributed by atoms with Gasteiger partial charge in [0, 0.05) is 13.2 Å². The Bertz CT molecular complexity index is 535. The number of hydrogen-bond acceptors (Lipinski definition) is 4. The maximum Gasteiger partial charge on any atom is 0.241 e. The number of nitrogens with one attached hydrogen (secondary N) is 2. The zero-order valence-electron chi connectivity index (χ0n) is 9.81. The number of hydrogen-bond donors (Lipinski definition) is 2. The lowest BCUT2D eigenvalue weighted by Crippen LogP contribution is -2.23. The van der Waals surface area contributed by atoms with Gasteiger partial charge in [0.1, 0.15) is 12.3 Å². The summed E-state index contributed by atoms with van der Waals surface area (Å²) in [4.78, 5) is 11.2. The zero-order chi connectivity index (χ0) is 13.0. The molecule has 0 saturated carbocycles. The van der Waals surface area contributed by atoms with Crippen molar-refractivity contribution in [1.29, 1.82) is 0 Å². The van der Waals surface area contributed by atoms with E-state index in [0.717, 1.165) is 11.4 Å². The van der Waals surface area contributed by atoms with Gasteiger partial charge in [-0.05, 0) is 23.7 Å². The van der Waals surface area contributed by atoms with Gasteiger partial charge in [-0.1, -0.05) is 0 Å². The van der Waals surface area contributed by atoms with Crippen molar-refractivity contribution in [2.24, 2.45) is 0 Å². The molecule has 0 aliphatic heterocycles. The van der Waals surface area contributed by atoms with Crippen LogP contribution in [0.3, 0.4) is 0 Å². The van der Waals surface area contributed by atoms with Gasteiger partial charge in [-0.2, -0.15) is 5.10 Å². The van der Waals surface area contributed by atoms with E-state index < -0.39 is 0 Å². The van der Waals surface area contributed by atoms with Crippen LogP contribution >= 0.6 is 11.6 Å². The average molecular weight is 269 g/mol. The first-order valence-electron chi connectivity index (χ1n) is 5.38. The predicted octanol–water partition coefficient (Wildman–Crippen LogP) is 1.49. The first-order chi connectivity index (χ1) is 8.67. The van der Waals surface area contributed by atoms with E-state index in [-0.39, 0.29) is 12.5 Å². The van der Waals surface area contributed by atoms with E-state index in [1.54, 1.807) is 36.3 Å². The number of amides is 1. The quantitative estimate of drug-likeness (QED) is 0.862. The van der Waals surface area contributed by atoms with Crippen molar-refractivity contribution in [3.63, 3.8) is 0 Å². The van der Waals surface area contributed by atoms with E-state index in [4.69, 9.17) is 16.0 Å². The number of rotatable bonds is 5. The second kappa shape index (κ2) is 5.59. The van der Waals surface area contributed by atoms with Gasteiger partial charge < -0.3 is 15.1 Å². The summed E-state index contributed by atoms with van der Waals surface area (Å²) in [5, 5.41) is 10.1. The minimum Gasteiger partial charge on any atom is -0.448 e. The molecule has 0 unspecified atom stereocenters. The van der Waals surface area contributed by atoms with Crippen LogP contribution in [0, 0.1) is 0 Å². The third-order valence-corrected chi connectivity index (χ3v) is 2.52. The second-order valence-electron chi connectivity index (χ2n) is 3.66. The minimum atomic E-state index is -0.0949. The molecule has 0 radical (unpaired) electrons. The van der Waals surface area contributed by atoms with Crippen molar-refractivity contribution in [3.8, 4) is 0 Å². The fourth-order valence-electron chi connectivity index (χ4n) is 1.40.